The number of rotatable bonds is 4. The van der Waals surface area contributed by atoms with Gasteiger partial charge in [0.25, 0.3) is 0 Å². The first-order chi connectivity index (χ1) is 9.48. The molecule has 1 aromatic carbocycles. The summed E-state index contributed by atoms with van der Waals surface area (Å²) in [7, 11) is 0. The lowest BCUT2D eigenvalue weighted by atomic mass is 10.1. The Bertz CT molecular complexity index is 638. The Morgan fingerprint density at radius 1 is 1.55 bits per heavy atom. The van der Waals surface area contributed by atoms with Crippen LogP contribution >= 0.6 is 15.9 Å². The third-order valence-corrected chi connectivity index (χ3v) is 4.84. The molecule has 2 aliphatic carbocycles. The van der Waals surface area contributed by atoms with Crippen molar-refractivity contribution in [3.8, 4) is 6.07 Å². The van der Waals surface area contributed by atoms with Crippen LogP contribution in [0, 0.1) is 29.0 Å². The average molecular weight is 338 g/mol. The molecular formula is C14H13BrFN3O. The number of nitrogens with one attached hydrogen (secondary N) is 1. The summed E-state index contributed by atoms with van der Waals surface area (Å²) in [5.41, 5.74) is 5.09. The van der Waals surface area contributed by atoms with Crippen LogP contribution in [0.1, 0.15) is 24.8 Å². The largest absolute Gasteiger partial charge is 0.369 e. The second-order valence-electron chi connectivity index (χ2n) is 5.53. The topological polar surface area (TPSA) is 78.9 Å². The number of primary amides is 1. The lowest BCUT2D eigenvalue weighted by molar-refractivity contribution is -0.119. The monoisotopic (exact) mass is 337 g/mol. The second kappa shape index (κ2) is 4.45. The summed E-state index contributed by atoms with van der Waals surface area (Å²) < 4.78 is 14.5. The number of nitriles is 1. The molecule has 1 aromatic rings. The lowest BCUT2D eigenvalue weighted by Crippen LogP contribution is -2.40. The van der Waals surface area contributed by atoms with E-state index in [-0.39, 0.29) is 17.2 Å². The van der Waals surface area contributed by atoms with Gasteiger partial charge in [-0.2, -0.15) is 5.26 Å². The lowest BCUT2D eigenvalue weighted by Gasteiger charge is -2.18. The SMILES string of the molecule is N#Cc1cc(F)c(NC2(C(N)=O)C[C@@H]2C2CC2)cc1Br. The van der Waals surface area contributed by atoms with Crippen molar-refractivity contribution < 1.29 is 9.18 Å². The summed E-state index contributed by atoms with van der Waals surface area (Å²) >= 11 is 3.22. The van der Waals surface area contributed by atoms with E-state index in [1.165, 1.54) is 6.07 Å². The molecule has 3 N–H and O–H groups in total. The van der Waals surface area contributed by atoms with Crippen molar-refractivity contribution in [1.82, 2.24) is 0 Å². The third kappa shape index (κ3) is 2.06. The Morgan fingerprint density at radius 2 is 2.25 bits per heavy atom. The Hall–Kier alpha value is -1.61. The van der Waals surface area contributed by atoms with Gasteiger partial charge in [-0.15, -0.1) is 0 Å². The summed E-state index contributed by atoms with van der Waals surface area (Å²) in [6.45, 7) is 0. The number of anilines is 1. The van der Waals surface area contributed by atoms with Crippen molar-refractivity contribution in [3.63, 3.8) is 0 Å². The van der Waals surface area contributed by atoms with Crippen LogP contribution < -0.4 is 11.1 Å². The standard InChI is InChI=1S/C14H13BrFN3O/c15-10-4-12(11(16)3-8(10)6-17)19-14(13(18)20)5-9(14)7-1-2-7/h3-4,7,9,19H,1-2,5H2,(H2,18,20)/t9-,14?/m1/s1. The van der Waals surface area contributed by atoms with E-state index in [0.29, 0.717) is 16.8 Å². The van der Waals surface area contributed by atoms with E-state index in [9.17, 15) is 9.18 Å². The number of benzene rings is 1. The first kappa shape index (κ1) is 13.4. The fourth-order valence-corrected chi connectivity index (χ4v) is 3.24. The van der Waals surface area contributed by atoms with Crippen molar-refractivity contribution in [2.45, 2.75) is 24.8 Å². The van der Waals surface area contributed by atoms with Gasteiger partial charge in [0.15, 0.2) is 0 Å². The highest BCUT2D eigenvalue weighted by atomic mass is 79.9. The Balaban J connectivity index is 1.89. The minimum Gasteiger partial charge on any atom is -0.369 e. The number of hydrogen-bond acceptors (Lipinski definition) is 3. The number of nitrogens with zero attached hydrogens (tertiary/aromatic N) is 1. The number of carbonyl (C=O) groups is 1. The molecule has 104 valence electrons. The van der Waals surface area contributed by atoms with Crippen LogP contribution in [0.4, 0.5) is 10.1 Å². The molecule has 2 saturated carbocycles. The first-order valence-corrected chi connectivity index (χ1v) is 7.24. The zero-order valence-electron chi connectivity index (χ0n) is 10.6. The molecule has 2 atom stereocenters. The molecule has 4 nitrogen and oxygen atoms in total. The molecule has 6 heteroatoms. The fraction of sp³-hybridized carbons (Fsp3) is 0.429. The van der Waals surface area contributed by atoms with Crippen LogP contribution in [0.2, 0.25) is 0 Å². The smallest absolute Gasteiger partial charge is 0.243 e. The molecule has 3 rings (SSSR count). The van der Waals surface area contributed by atoms with Gasteiger partial charge >= 0.3 is 0 Å². The Morgan fingerprint density at radius 3 is 2.80 bits per heavy atom. The maximum atomic E-state index is 14.0. The van der Waals surface area contributed by atoms with Gasteiger partial charge in [0.2, 0.25) is 5.91 Å². The molecule has 0 saturated heterocycles. The molecule has 2 aliphatic rings. The van der Waals surface area contributed by atoms with E-state index >= 15 is 0 Å². The predicted molar refractivity (Wildman–Crippen MR) is 75.2 cm³/mol. The van der Waals surface area contributed by atoms with E-state index in [1.54, 1.807) is 0 Å². The molecule has 20 heavy (non-hydrogen) atoms. The highest BCUT2D eigenvalue weighted by Gasteiger charge is 2.64. The van der Waals surface area contributed by atoms with Gasteiger partial charge in [-0.05, 0) is 59.2 Å². The van der Waals surface area contributed by atoms with Crippen LogP contribution in [0.15, 0.2) is 16.6 Å². The van der Waals surface area contributed by atoms with Gasteiger partial charge in [-0.3, -0.25) is 4.79 Å². The van der Waals surface area contributed by atoms with Crippen LogP contribution in [0.25, 0.3) is 0 Å². The zero-order chi connectivity index (χ0) is 14.5. The molecule has 0 radical (unpaired) electrons. The first-order valence-electron chi connectivity index (χ1n) is 6.45. The summed E-state index contributed by atoms with van der Waals surface area (Å²) in [5, 5.41) is 11.8. The van der Waals surface area contributed by atoms with Crippen LogP contribution in [-0.4, -0.2) is 11.4 Å². The number of halogens is 2. The molecule has 1 unspecified atom stereocenters. The van der Waals surface area contributed by atoms with E-state index < -0.39 is 17.3 Å². The third-order valence-electron chi connectivity index (χ3n) is 4.18. The maximum absolute atomic E-state index is 14.0. The molecule has 2 fully saturated rings. The van der Waals surface area contributed by atoms with E-state index in [2.05, 4.69) is 21.2 Å². The van der Waals surface area contributed by atoms with Gasteiger partial charge in [0.05, 0.1) is 11.3 Å². The van der Waals surface area contributed by atoms with Crippen LogP contribution in [0.5, 0.6) is 0 Å². The minimum atomic E-state index is -0.824. The molecule has 0 aliphatic heterocycles. The van der Waals surface area contributed by atoms with Gasteiger partial charge in [0.1, 0.15) is 17.4 Å². The molecule has 1 amide bonds. The molecule has 0 heterocycles. The number of nitrogens with two attached hydrogens (primary N) is 1. The minimum absolute atomic E-state index is 0.203. The maximum Gasteiger partial charge on any atom is 0.243 e. The Kier molecular flexibility index (Phi) is 2.98. The van der Waals surface area contributed by atoms with Crippen LogP contribution in [-0.2, 0) is 4.79 Å². The van der Waals surface area contributed by atoms with Gasteiger partial charge in [-0.1, -0.05) is 0 Å². The molecule has 0 aromatic heterocycles. The van der Waals surface area contributed by atoms with Crippen LogP contribution in [0.3, 0.4) is 0 Å². The van der Waals surface area contributed by atoms with Gasteiger partial charge < -0.3 is 11.1 Å². The summed E-state index contributed by atoms with van der Waals surface area (Å²) in [4.78, 5) is 11.7. The quantitative estimate of drug-likeness (QED) is 0.885. The summed E-state index contributed by atoms with van der Waals surface area (Å²) in [6.07, 6.45) is 2.88. The van der Waals surface area contributed by atoms with Gasteiger partial charge in [0, 0.05) is 4.47 Å². The van der Waals surface area contributed by atoms with E-state index in [1.807, 2.05) is 6.07 Å². The highest BCUT2D eigenvalue weighted by Crippen LogP contribution is 2.58. The van der Waals surface area contributed by atoms with Crippen molar-refractivity contribution >= 4 is 27.5 Å². The Labute approximate surface area is 124 Å². The second-order valence-corrected chi connectivity index (χ2v) is 6.39. The fourth-order valence-electron chi connectivity index (χ4n) is 2.81. The molecule has 0 bridgehead atoms. The highest BCUT2D eigenvalue weighted by molar-refractivity contribution is 9.10. The van der Waals surface area contributed by atoms with Crippen molar-refractivity contribution in [2.75, 3.05) is 5.32 Å². The number of hydrogen-bond donors (Lipinski definition) is 2. The molecule has 0 spiro atoms. The summed E-state index contributed by atoms with van der Waals surface area (Å²) in [6, 6.07) is 4.53. The zero-order valence-corrected chi connectivity index (χ0v) is 12.2. The van der Waals surface area contributed by atoms with Crippen molar-refractivity contribution in [3.05, 3.63) is 28.0 Å². The molecular weight excluding hydrogens is 325 g/mol. The van der Waals surface area contributed by atoms with E-state index in [0.717, 1.165) is 18.9 Å². The summed E-state index contributed by atoms with van der Waals surface area (Å²) in [5.74, 6) is -0.255. The normalized spacial score (nSPS) is 27.8. The number of carbonyl (C=O) groups excluding carboxylic acids is 1. The van der Waals surface area contributed by atoms with Crippen molar-refractivity contribution in [2.24, 2.45) is 17.6 Å². The average Bonchev–Trinajstić information content (AvgIpc) is 3.25. The number of amides is 1. The predicted octanol–water partition coefficient (Wildman–Crippen LogP) is 2.53. The van der Waals surface area contributed by atoms with E-state index in [4.69, 9.17) is 11.0 Å². The van der Waals surface area contributed by atoms with Gasteiger partial charge in [-0.25, -0.2) is 4.39 Å². The van der Waals surface area contributed by atoms with Crippen molar-refractivity contribution in [1.29, 1.82) is 5.26 Å².